The van der Waals surface area contributed by atoms with Crippen LogP contribution in [0.5, 0.6) is 0 Å². The van der Waals surface area contributed by atoms with Gasteiger partial charge in [-0.15, -0.1) is 0 Å². The Labute approximate surface area is 150 Å². The Morgan fingerprint density at radius 3 is 2.77 bits per heavy atom. The van der Waals surface area contributed by atoms with Crippen LogP contribution in [-0.4, -0.2) is 44.8 Å². The fraction of sp³-hybridized carbons (Fsp3) is 0.474. The summed E-state index contributed by atoms with van der Waals surface area (Å²) in [5.74, 6) is -0.330. The highest BCUT2D eigenvalue weighted by molar-refractivity contribution is 5.93. The molecule has 3 heterocycles. The zero-order chi connectivity index (χ0) is 18.3. The van der Waals surface area contributed by atoms with Gasteiger partial charge in [-0.05, 0) is 37.3 Å². The fourth-order valence-electron chi connectivity index (χ4n) is 4.71. The molecule has 2 N–H and O–H groups in total. The van der Waals surface area contributed by atoms with Crippen molar-refractivity contribution >= 4 is 5.91 Å². The molecule has 0 spiro atoms. The molecule has 2 bridgehead atoms. The molecule has 2 aliphatic rings. The molecule has 0 aliphatic carbocycles. The number of hydrogen-bond acceptors (Lipinski definition) is 3. The third kappa shape index (κ3) is 2.70. The molecule has 0 radical (unpaired) electrons. The predicted molar refractivity (Wildman–Crippen MR) is 90.8 cm³/mol. The normalized spacial score (nSPS) is 27.5. The Bertz CT molecular complexity index is 795. The largest absolute Gasteiger partial charge is 0.396 e. The minimum Gasteiger partial charge on any atom is -0.396 e. The van der Waals surface area contributed by atoms with Crippen LogP contribution in [0.2, 0.25) is 0 Å². The van der Waals surface area contributed by atoms with Gasteiger partial charge in [-0.3, -0.25) is 9.89 Å². The molecule has 2 aliphatic heterocycles. The molecule has 0 unspecified atom stereocenters. The predicted octanol–water partition coefficient (Wildman–Crippen LogP) is 2.95. The van der Waals surface area contributed by atoms with Crippen molar-refractivity contribution in [1.82, 2.24) is 15.1 Å². The second kappa shape index (κ2) is 6.46. The van der Waals surface area contributed by atoms with Gasteiger partial charge in [-0.1, -0.05) is 30.3 Å². The van der Waals surface area contributed by atoms with Crippen molar-refractivity contribution in [2.24, 2.45) is 5.41 Å². The smallest absolute Gasteiger partial charge is 0.279 e. The van der Waals surface area contributed by atoms with Crippen LogP contribution in [0.25, 0.3) is 0 Å². The molecule has 2 saturated heterocycles. The number of H-pyrrole nitrogens is 1. The molecule has 138 valence electrons. The number of alkyl halides is 2. The first-order chi connectivity index (χ1) is 12.5. The number of carbonyl (C=O) groups is 1. The molecular weight excluding hydrogens is 340 g/mol. The molecular formula is C19H21F2N3O2. The van der Waals surface area contributed by atoms with Gasteiger partial charge in [0.05, 0.1) is 6.61 Å². The molecule has 3 atom stereocenters. The Balaban J connectivity index is 1.59. The van der Waals surface area contributed by atoms with Crippen molar-refractivity contribution in [3.05, 3.63) is 53.3 Å². The van der Waals surface area contributed by atoms with Crippen molar-refractivity contribution in [1.29, 1.82) is 0 Å². The zero-order valence-electron chi connectivity index (χ0n) is 14.2. The van der Waals surface area contributed by atoms with Crippen molar-refractivity contribution in [2.75, 3.05) is 6.61 Å². The molecule has 5 nitrogen and oxygen atoms in total. The number of carbonyl (C=O) groups excluding carboxylic acids is 1. The van der Waals surface area contributed by atoms with Gasteiger partial charge in [0.25, 0.3) is 12.3 Å². The summed E-state index contributed by atoms with van der Waals surface area (Å²) in [7, 11) is 0. The number of hydrogen-bond donors (Lipinski definition) is 2. The van der Waals surface area contributed by atoms with E-state index in [1.807, 2.05) is 30.3 Å². The number of halogens is 2. The molecule has 2 fully saturated rings. The van der Waals surface area contributed by atoms with Gasteiger partial charge >= 0.3 is 0 Å². The molecule has 26 heavy (non-hydrogen) atoms. The van der Waals surface area contributed by atoms with E-state index in [2.05, 4.69) is 10.2 Å². The molecule has 4 rings (SSSR count). The monoisotopic (exact) mass is 361 g/mol. The number of benzene rings is 1. The van der Waals surface area contributed by atoms with Crippen LogP contribution < -0.4 is 0 Å². The average molecular weight is 361 g/mol. The minimum atomic E-state index is -2.69. The first-order valence-electron chi connectivity index (χ1n) is 8.85. The zero-order valence-corrected chi connectivity index (χ0v) is 14.2. The molecule has 2 aromatic rings. The summed E-state index contributed by atoms with van der Waals surface area (Å²) in [6, 6.07) is 11.0. The van der Waals surface area contributed by atoms with Crippen molar-refractivity contribution in [3.8, 4) is 0 Å². The number of nitrogens with zero attached hydrogens (tertiary/aromatic N) is 2. The second-order valence-electron chi connectivity index (χ2n) is 7.36. The van der Waals surface area contributed by atoms with Gasteiger partial charge < -0.3 is 10.0 Å². The standard InChI is InChI=1S/C19H21F2N3O2/c20-17(21)14-8-15(23-22-14)18(26)24-13-6-7-16(24)19(10-13,11-25)9-12-4-2-1-3-5-12/h1-5,8,13,16-17,25H,6-7,9-11H2,(H,22,23)/t13-,16+,19-/m1/s1. The Morgan fingerprint density at radius 2 is 2.12 bits per heavy atom. The third-order valence-electron chi connectivity index (χ3n) is 5.85. The van der Waals surface area contributed by atoms with Gasteiger partial charge in [-0.2, -0.15) is 5.10 Å². The van der Waals surface area contributed by atoms with Crippen LogP contribution in [0.4, 0.5) is 8.78 Å². The lowest BCUT2D eigenvalue weighted by Crippen LogP contribution is -2.44. The van der Waals surface area contributed by atoms with Crippen molar-refractivity contribution in [2.45, 2.75) is 44.2 Å². The Hall–Kier alpha value is -2.28. The van der Waals surface area contributed by atoms with Gasteiger partial charge in [0.15, 0.2) is 5.69 Å². The number of fused-ring (bicyclic) bond motifs is 2. The molecule has 1 aromatic carbocycles. The number of aliphatic hydroxyl groups excluding tert-OH is 1. The topological polar surface area (TPSA) is 69.2 Å². The van der Waals surface area contributed by atoms with Crippen molar-refractivity contribution in [3.63, 3.8) is 0 Å². The minimum absolute atomic E-state index is 0.00428. The van der Waals surface area contributed by atoms with E-state index in [4.69, 9.17) is 0 Å². The SMILES string of the molecule is O=C(c1cc(C(F)F)[nH]n1)N1[C@@H]2CC[C@H]1[C@](CO)(Cc1ccccc1)C2. The summed E-state index contributed by atoms with van der Waals surface area (Å²) in [5, 5.41) is 16.2. The van der Waals surface area contributed by atoms with E-state index < -0.39 is 6.43 Å². The number of nitrogens with one attached hydrogen (secondary N) is 1. The highest BCUT2D eigenvalue weighted by Gasteiger charge is 2.57. The Morgan fingerprint density at radius 1 is 1.35 bits per heavy atom. The number of aliphatic hydroxyl groups is 1. The first-order valence-corrected chi connectivity index (χ1v) is 8.85. The summed E-state index contributed by atoms with van der Waals surface area (Å²) in [4.78, 5) is 14.7. The quantitative estimate of drug-likeness (QED) is 0.860. The maximum Gasteiger partial charge on any atom is 0.279 e. The van der Waals surface area contributed by atoms with E-state index >= 15 is 0 Å². The molecule has 1 aromatic heterocycles. The lowest BCUT2D eigenvalue weighted by Gasteiger charge is -2.36. The van der Waals surface area contributed by atoms with E-state index in [1.165, 1.54) is 0 Å². The highest BCUT2D eigenvalue weighted by atomic mass is 19.3. The number of rotatable bonds is 5. The van der Waals surface area contributed by atoms with Crippen LogP contribution >= 0.6 is 0 Å². The summed E-state index contributed by atoms with van der Waals surface area (Å²) >= 11 is 0. The first kappa shape index (κ1) is 17.1. The van der Waals surface area contributed by atoms with Gasteiger partial charge in [-0.25, -0.2) is 8.78 Å². The summed E-state index contributed by atoms with van der Waals surface area (Å²) in [6.07, 6.45) is 0.419. The number of aromatic amines is 1. The van der Waals surface area contributed by atoms with E-state index in [9.17, 15) is 18.7 Å². The fourth-order valence-corrected chi connectivity index (χ4v) is 4.71. The highest BCUT2D eigenvalue weighted by Crippen LogP contribution is 2.51. The Kier molecular flexibility index (Phi) is 4.26. The summed E-state index contributed by atoms with van der Waals surface area (Å²) in [5.41, 5.74) is 0.409. The number of aromatic nitrogens is 2. The van der Waals surface area contributed by atoms with E-state index in [-0.39, 0.29) is 41.4 Å². The van der Waals surface area contributed by atoms with Gasteiger partial charge in [0.1, 0.15) is 5.69 Å². The average Bonchev–Trinajstić information content (AvgIpc) is 3.35. The second-order valence-corrected chi connectivity index (χ2v) is 7.36. The van der Waals surface area contributed by atoms with E-state index in [0.717, 1.165) is 30.9 Å². The maximum absolute atomic E-state index is 12.9. The van der Waals surface area contributed by atoms with E-state index in [0.29, 0.717) is 6.42 Å². The summed E-state index contributed by atoms with van der Waals surface area (Å²) < 4.78 is 25.6. The van der Waals surface area contributed by atoms with Gasteiger partial charge in [0, 0.05) is 17.5 Å². The van der Waals surface area contributed by atoms with Crippen LogP contribution in [0.3, 0.4) is 0 Å². The lowest BCUT2D eigenvalue weighted by molar-refractivity contribution is 0.0566. The van der Waals surface area contributed by atoms with Crippen LogP contribution in [0, 0.1) is 5.41 Å². The van der Waals surface area contributed by atoms with Crippen molar-refractivity contribution < 1.29 is 18.7 Å². The third-order valence-corrected chi connectivity index (χ3v) is 5.85. The van der Waals surface area contributed by atoms with Crippen LogP contribution in [-0.2, 0) is 6.42 Å². The van der Waals surface area contributed by atoms with E-state index in [1.54, 1.807) is 4.90 Å². The molecule has 7 heteroatoms. The molecule has 0 saturated carbocycles. The summed E-state index contributed by atoms with van der Waals surface area (Å²) in [6.45, 7) is -0.00428. The number of amides is 1. The molecule has 1 amide bonds. The van der Waals surface area contributed by atoms with Gasteiger partial charge in [0.2, 0.25) is 0 Å². The van der Waals surface area contributed by atoms with Crippen LogP contribution in [0.15, 0.2) is 36.4 Å². The lowest BCUT2D eigenvalue weighted by atomic mass is 9.70. The van der Waals surface area contributed by atoms with Crippen LogP contribution in [0.1, 0.15) is 47.4 Å². The maximum atomic E-state index is 12.9.